The zero-order chi connectivity index (χ0) is 13.8. The summed E-state index contributed by atoms with van der Waals surface area (Å²) in [6.45, 7) is -0.154. The summed E-state index contributed by atoms with van der Waals surface area (Å²) in [5.41, 5.74) is 2.14. The van der Waals surface area contributed by atoms with Crippen molar-refractivity contribution in [1.29, 1.82) is 0 Å². The largest absolute Gasteiger partial charge is 0.485 e. The predicted octanol–water partition coefficient (Wildman–Crippen LogP) is 1.74. The van der Waals surface area contributed by atoms with E-state index in [1.165, 1.54) is 12.3 Å². The number of rotatable bonds is 4. The van der Waals surface area contributed by atoms with E-state index >= 15 is 0 Å². The molecule has 1 aromatic carbocycles. The van der Waals surface area contributed by atoms with E-state index < -0.39 is 17.5 Å². The first kappa shape index (κ1) is 13.0. The minimum absolute atomic E-state index is 0.00648. The Balaban J connectivity index is 2.10. The third-order valence-electron chi connectivity index (χ3n) is 2.33. The Hall–Kier alpha value is -2.41. The van der Waals surface area contributed by atoms with Crippen molar-refractivity contribution in [1.82, 2.24) is 5.43 Å². The molecule has 0 aliphatic carbocycles. The van der Waals surface area contributed by atoms with Gasteiger partial charge in [-0.1, -0.05) is 0 Å². The van der Waals surface area contributed by atoms with Gasteiger partial charge in [0.2, 0.25) is 0 Å². The molecule has 0 saturated carbocycles. The van der Waals surface area contributed by atoms with Gasteiger partial charge in [-0.15, -0.1) is 0 Å². The van der Waals surface area contributed by atoms with Gasteiger partial charge >= 0.3 is 0 Å². The van der Waals surface area contributed by atoms with Crippen molar-refractivity contribution in [2.75, 3.05) is 0 Å². The van der Waals surface area contributed by atoms with Crippen molar-refractivity contribution in [3.8, 4) is 5.75 Å². The zero-order valence-corrected chi connectivity index (χ0v) is 9.65. The molecule has 2 aromatic rings. The Labute approximate surface area is 106 Å². The van der Waals surface area contributed by atoms with Crippen LogP contribution in [0.4, 0.5) is 8.78 Å². The highest BCUT2D eigenvalue weighted by atomic mass is 19.1. The quantitative estimate of drug-likeness (QED) is 0.503. The van der Waals surface area contributed by atoms with Crippen LogP contribution >= 0.6 is 0 Å². The van der Waals surface area contributed by atoms with Crippen molar-refractivity contribution in [3.63, 3.8) is 0 Å². The van der Waals surface area contributed by atoms with Crippen molar-refractivity contribution in [2.24, 2.45) is 5.84 Å². The molecule has 0 aliphatic rings. The molecule has 3 N–H and O–H groups in total. The Bertz CT molecular complexity index is 578. The molecular formula is C12H10F2N2O3. The van der Waals surface area contributed by atoms with Crippen LogP contribution in [0.25, 0.3) is 0 Å². The van der Waals surface area contributed by atoms with Crippen LogP contribution in [0.5, 0.6) is 5.75 Å². The molecule has 1 heterocycles. The van der Waals surface area contributed by atoms with Gasteiger partial charge in [-0.25, -0.2) is 14.6 Å². The SMILES string of the molecule is NNC(=O)c1ccoc1COc1cc(F)cc(F)c1. The normalized spacial score (nSPS) is 10.3. The number of hydrogen-bond donors (Lipinski definition) is 2. The number of nitrogens with two attached hydrogens (primary N) is 1. The van der Waals surface area contributed by atoms with Gasteiger partial charge in [0.05, 0.1) is 11.8 Å². The minimum atomic E-state index is -0.755. The van der Waals surface area contributed by atoms with E-state index in [-0.39, 0.29) is 23.7 Å². The Morgan fingerprint density at radius 3 is 2.63 bits per heavy atom. The molecule has 0 spiro atoms. The van der Waals surface area contributed by atoms with Crippen LogP contribution in [-0.2, 0) is 6.61 Å². The second-order valence-electron chi connectivity index (χ2n) is 3.62. The number of hydrazine groups is 1. The average Bonchev–Trinajstić information content (AvgIpc) is 2.82. The number of ether oxygens (including phenoxy) is 1. The van der Waals surface area contributed by atoms with Gasteiger partial charge in [0, 0.05) is 18.2 Å². The smallest absolute Gasteiger partial charge is 0.268 e. The van der Waals surface area contributed by atoms with E-state index in [1.54, 1.807) is 0 Å². The zero-order valence-electron chi connectivity index (χ0n) is 9.65. The highest BCUT2D eigenvalue weighted by molar-refractivity contribution is 5.94. The van der Waals surface area contributed by atoms with Crippen molar-refractivity contribution in [3.05, 3.63) is 53.5 Å². The van der Waals surface area contributed by atoms with Gasteiger partial charge < -0.3 is 9.15 Å². The van der Waals surface area contributed by atoms with Crippen LogP contribution in [0.3, 0.4) is 0 Å². The number of hydrogen-bond acceptors (Lipinski definition) is 4. The summed E-state index contributed by atoms with van der Waals surface area (Å²) in [7, 11) is 0. The Kier molecular flexibility index (Phi) is 3.76. The number of furan rings is 1. The van der Waals surface area contributed by atoms with Gasteiger partial charge in [-0.05, 0) is 6.07 Å². The van der Waals surface area contributed by atoms with E-state index in [0.717, 1.165) is 18.2 Å². The first-order valence-electron chi connectivity index (χ1n) is 5.26. The fourth-order valence-corrected chi connectivity index (χ4v) is 1.49. The first-order chi connectivity index (χ1) is 9.10. The van der Waals surface area contributed by atoms with Crippen LogP contribution in [-0.4, -0.2) is 5.91 Å². The lowest BCUT2D eigenvalue weighted by molar-refractivity contribution is 0.0949. The van der Waals surface area contributed by atoms with Gasteiger partial charge in [0.15, 0.2) is 5.76 Å². The highest BCUT2D eigenvalue weighted by Crippen LogP contribution is 2.18. The van der Waals surface area contributed by atoms with Crippen LogP contribution < -0.4 is 16.0 Å². The van der Waals surface area contributed by atoms with Gasteiger partial charge in [-0.2, -0.15) is 0 Å². The first-order valence-corrected chi connectivity index (χ1v) is 5.26. The van der Waals surface area contributed by atoms with Gasteiger partial charge in [0.25, 0.3) is 5.91 Å². The summed E-state index contributed by atoms with van der Waals surface area (Å²) in [6, 6.07) is 4.18. The van der Waals surface area contributed by atoms with Crippen LogP contribution in [0, 0.1) is 11.6 Å². The van der Waals surface area contributed by atoms with E-state index in [4.69, 9.17) is 15.0 Å². The molecule has 0 bridgehead atoms. The number of amides is 1. The molecule has 7 heteroatoms. The molecule has 0 aliphatic heterocycles. The molecular weight excluding hydrogens is 258 g/mol. The molecule has 0 radical (unpaired) electrons. The maximum absolute atomic E-state index is 12.9. The van der Waals surface area contributed by atoms with E-state index in [2.05, 4.69) is 0 Å². The second kappa shape index (κ2) is 5.49. The molecule has 1 amide bonds. The molecule has 100 valence electrons. The number of carbonyl (C=O) groups excluding carboxylic acids is 1. The number of benzene rings is 1. The van der Waals surface area contributed by atoms with Crippen LogP contribution in [0.2, 0.25) is 0 Å². The summed E-state index contributed by atoms with van der Waals surface area (Å²) in [6.07, 6.45) is 1.29. The highest BCUT2D eigenvalue weighted by Gasteiger charge is 2.14. The number of nitrogen functional groups attached to an aromatic ring is 1. The minimum Gasteiger partial charge on any atom is -0.485 e. The third kappa shape index (κ3) is 3.08. The summed E-state index contributed by atoms with van der Waals surface area (Å²) >= 11 is 0. The van der Waals surface area contributed by atoms with Crippen molar-refractivity contribution >= 4 is 5.91 Å². The fourth-order valence-electron chi connectivity index (χ4n) is 1.49. The summed E-state index contributed by atoms with van der Waals surface area (Å²) in [5, 5.41) is 0. The van der Waals surface area contributed by atoms with Gasteiger partial charge in [-0.3, -0.25) is 10.2 Å². The number of nitrogens with one attached hydrogen (secondary N) is 1. The molecule has 5 nitrogen and oxygen atoms in total. The summed E-state index contributed by atoms with van der Waals surface area (Å²) in [4.78, 5) is 11.3. The monoisotopic (exact) mass is 268 g/mol. The second-order valence-corrected chi connectivity index (χ2v) is 3.62. The maximum atomic E-state index is 12.9. The van der Waals surface area contributed by atoms with Crippen molar-refractivity contribution < 1.29 is 22.7 Å². The lowest BCUT2D eigenvalue weighted by atomic mass is 10.2. The summed E-state index contributed by atoms with van der Waals surface area (Å²) in [5.74, 6) is 3.14. The third-order valence-corrected chi connectivity index (χ3v) is 2.33. The lowest BCUT2D eigenvalue weighted by Gasteiger charge is -2.06. The summed E-state index contributed by atoms with van der Waals surface area (Å²) < 4.78 is 36.1. The molecule has 0 fully saturated rings. The van der Waals surface area contributed by atoms with E-state index in [0.29, 0.717) is 0 Å². The van der Waals surface area contributed by atoms with Crippen LogP contribution in [0.1, 0.15) is 16.1 Å². The average molecular weight is 268 g/mol. The number of carbonyl (C=O) groups is 1. The van der Waals surface area contributed by atoms with E-state index in [1.807, 2.05) is 5.43 Å². The van der Waals surface area contributed by atoms with Gasteiger partial charge in [0.1, 0.15) is 24.0 Å². The van der Waals surface area contributed by atoms with Crippen molar-refractivity contribution in [2.45, 2.75) is 6.61 Å². The van der Waals surface area contributed by atoms with Crippen LogP contribution in [0.15, 0.2) is 34.9 Å². The fraction of sp³-hybridized carbons (Fsp3) is 0.0833. The predicted molar refractivity (Wildman–Crippen MR) is 61.1 cm³/mol. The number of halogens is 2. The Morgan fingerprint density at radius 1 is 1.32 bits per heavy atom. The topological polar surface area (TPSA) is 77.5 Å². The molecule has 1 aromatic heterocycles. The molecule has 0 unspecified atom stereocenters. The molecule has 19 heavy (non-hydrogen) atoms. The molecule has 2 rings (SSSR count). The van der Waals surface area contributed by atoms with E-state index in [9.17, 15) is 13.6 Å². The lowest BCUT2D eigenvalue weighted by Crippen LogP contribution is -2.30. The Morgan fingerprint density at radius 2 is 2.00 bits per heavy atom. The maximum Gasteiger partial charge on any atom is 0.268 e. The standard InChI is InChI=1S/C12H10F2N2O3/c13-7-3-8(14)5-9(4-7)19-6-11-10(1-2-18-11)12(17)16-15/h1-5H,6,15H2,(H,16,17). The molecule has 0 atom stereocenters. The molecule has 0 saturated heterocycles.